The maximum Gasteiger partial charge on any atom is 0.332 e. The van der Waals surface area contributed by atoms with Gasteiger partial charge in [-0.15, -0.1) is 11.3 Å². The molecule has 0 bridgehead atoms. The lowest BCUT2D eigenvalue weighted by molar-refractivity contribution is -0.127. The number of hydrogen-bond acceptors (Lipinski definition) is 8. The zero-order valence-electron chi connectivity index (χ0n) is 21.6. The number of para-hydroxylation sites is 1. The van der Waals surface area contributed by atoms with Crippen LogP contribution < -0.4 is 20.3 Å². The number of ether oxygens (including phenoxy) is 1. The van der Waals surface area contributed by atoms with E-state index in [0.29, 0.717) is 62.7 Å². The number of likely N-dealkylation sites (tertiary alicyclic amines) is 1. The van der Waals surface area contributed by atoms with E-state index >= 15 is 0 Å². The van der Waals surface area contributed by atoms with E-state index in [1.54, 1.807) is 24.1 Å². The quantitative estimate of drug-likeness (QED) is 0.328. The fraction of sp³-hybridized carbons (Fsp3) is 0.214. The van der Waals surface area contributed by atoms with Gasteiger partial charge in [0.15, 0.2) is 5.82 Å². The average molecular weight is 556 g/mol. The van der Waals surface area contributed by atoms with Crippen molar-refractivity contribution in [3.8, 4) is 11.6 Å². The van der Waals surface area contributed by atoms with Crippen LogP contribution in [0.3, 0.4) is 0 Å². The number of pyridine rings is 1. The Bertz CT molecular complexity index is 1660. The largest absolute Gasteiger partial charge is 0.437 e. The van der Waals surface area contributed by atoms with Gasteiger partial charge >= 0.3 is 6.03 Å². The van der Waals surface area contributed by atoms with Crippen molar-refractivity contribution in [2.24, 2.45) is 0 Å². The highest BCUT2D eigenvalue weighted by Crippen LogP contribution is 2.45. The number of aryl methyl sites for hydroxylation is 1. The van der Waals surface area contributed by atoms with E-state index in [-0.39, 0.29) is 17.9 Å². The molecule has 1 fully saturated rings. The Morgan fingerprint density at radius 1 is 1.23 bits per heavy atom. The van der Waals surface area contributed by atoms with Crippen LogP contribution in [0.1, 0.15) is 28.2 Å². The minimum absolute atomic E-state index is 0.157. The normalized spacial score (nSPS) is 16.4. The average Bonchev–Trinajstić information content (AvgIpc) is 3.33. The van der Waals surface area contributed by atoms with Crippen molar-refractivity contribution in [3.05, 3.63) is 72.0 Å². The summed E-state index contributed by atoms with van der Waals surface area (Å²) in [5.41, 5.74) is 1.45. The first-order valence-electron chi connectivity index (χ1n) is 12.7. The zero-order valence-corrected chi connectivity index (χ0v) is 22.4. The number of urea groups is 1. The van der Waals surface area contributed by atoms with Crippen molar-refractivity contribution in [3.63, 3.8) is 0 Å². The number of anilines is 3. The number of rotatable bonds is 6. The van der Waals surface area contributed by atoms with E-state index < -0.39 is 6.03 Å². The van der Waals surface area contributed by atoms with Crippen LogP contribution >= 0.6 is 11.3 Å². The molecule has 12 heteroatoms. The molecule has 0 unspecified atom stereocenters. The van der Waals surface area contributed by atoms with Gasteiger partial charge in [0, 0.05) is 25.3 Å². The monoisotopic (exact) mass is 555 g/mol. The SMILES string of the molecule is C=CC(=O)N1CCC[C@@H](NC(=O)c2sc3nccc4c3c2NC(=O)N4c2ncc(Oc3ccccc3)nc2C)C1. The summed E-state index contributed by atoms with van der Waals surface area (Å²) in [6.07, 6.45) is 5.87. The maximum atomic E-state index is 13.5. The number of nitrogens with zero attached hydrogens (tertiary/aromatic N) is 5. The Kier molecular flexibility index (Phi) is 6.60. The third-order valence-electron chi connectivity index (χ3n) is 6.77. The number of aromatic nitrogens is 3. The first kappa shape index (κ1) is 25.4. The zero-order chi connectivity index (χ0) is 27.8. The molecule has 0 saturated carbocycles. The van der Waals surface area contributed by atoms with Crippen molar-refractivity contribution >= 4 is 56.6 Å². The van der Waals surface area contributed by atoms with Gasteiger partial charge in [-0.1, -0.05) is 24.8 Å². The summed E-state index contributed by atoms with van der Waals surface area (Å²) in [5.74, 6) is 0.778. The summed E-state index contributed by atoms with van der Waals surface area (Å²) in [4.78, 5) is 56.4. The van der Waals surface area contributed by atoms with Gasteiger partial charge in [0.05, 0.1) is 28.7 Å². The lowest BCUT2D eigenvalue weighted by Crippen LogP contribution is -2.49. The highest BCUT2D eigenvalue weighted by atomic mass is 32.1. The predicted octanol–water partition coefficient (Wildman–Crippen LogP) is 4.78. The lowest BCUT2D eigenvalue weighted by Gasteiger charge is -2.32. The van der Waals surface area contributed by atoms with Gasteiger partial charge in [-0.05, 0) is 44.0 Å². The molecule has 2 aliphatic heterocycles. The van der Waals surface area contributed by atoms with Crippen LogP contribution in [0.25, 0.3) is 10.2 Å². The first-order valence-corrected chi connectivity index (χ1v) is 13.6. The van der Waals surface area contributed by atoms with Crippen LogP contribution in [0, 0.1) is 6.92 Å². The summed E-state index contributed by atoms with van der Waals surface area (Å²) >= 11 is 1.20. The number of nitrogens with one attached hydrogen (secondary N) is 2. The van der Waals surface area contributed by atoms with Crippen LogP contribution in [-0.4, -0.2) is 56.8 Å². The van der Waals surface area contributed by atoms with Crippen LogP contribution in [0.2, 0.25) is 0 Å². The predicted molar refractivity (Wildman–Crippen MR) is 151 cm³/mol. The topological polar surface area (TPSA) is 130 Å². The van der Waals surface area contributed by atoms with E-state index in [0.717, 1.165) is 12.8 Å². The van der Waals surface area contributed by atoms with Crippen molar-refractivity contribution in [1.82, 2.24) is 25.2 Å². The van der Waals surface area contributed by atoms with Crippen LogP contribution in [0.5, 0.6) is 11.6 Å². The molecular formula is C28H25N7O4S. The highest BCUT2D eigenvalue weighted by molar-refractivity contribution is 7.21. The third kappa shape index (κ3) is 4.62. The minimum Gasteiger partial charge on any atom is -0.437 e. The van der Waals surface area contributed by atoms with Crippen molar-refractivity contribution in [2.45, 2.75) is 25.8 Å². The maximum absolute atomic E-state index is 13.5. The summed E-state index contributed by atoms with van der Waals surface area (Å²) in [6.45, 7) is 6.33. The molecule has 2 aliphatic rings. The van der Waals surface area contributed by atoms with Gasteiger partial charge in [0.1, 0.15) is 15.5 Å². The number of benzene rings is 1. The molecule has 0 aliphatic carbocycles. The van der Waals surface area contributed by atoms with Crippen LogP contribution in [0.4, 0.5) is 22.0 Å². The lowest BCUT2D eigenvalue weighted by atomic mass is 10.1. The second-order valence-electron chi connectivity index (χ2n) is 9.42. The molecule has 1 atom stereocenters. The number of carbonyl (C=O) groups excluding carboxylic acids is 3. The van der Waals surface area contributed by atoms with Gasteiger partial charge in [0.25, 0.3) is 5.91 Å². The summed E-state index contributed by atoms with van der Waals surface area (Å²) in [7, 11) is 0. The molecule has 4 amide bonds. The molecule has 40 heavy (non-hydrogen) atoms. The molecule has 0 radical (unpaired) electrons. The third-order valence-corrected chi connectivity index (χ3v) is 7.87. The first-order chi connectivity index (χ1) is 19.4. The van der Waals surface area contributed by atoms with E-state index in [9.17, 15) is 14.4 Å². The molecule has 2 N–H and O–H groups in total. The van der Waals surface area contributed by atoms with Crippen molar-refractivity contribution in [2.75, 3.05) is 23.3 Å². The molecule has 1 aromatic carbocycles. The van der Waals surface area contributed by atoms with Gasteiger partial charge in [-0.3, -0.25) is 9.59 Å². The fourth-order valence-corrected chi connectivity index (χ4v) is 5.98. The molecule has 1 saturated heterocycles. The van der Waals surface area contributed by atoms with E-state index in [1.165, 1.54) is 28.5 Å². The Labute approximate surface area is 233 Å². The number of thiophene rings is 1. The standard InChI is InChI=1S/C28H25N7O4S/c1-3-21(36)34-13-7-8-17(15-34)32-26(37)24-23-22-19(11-12-29-27(22)40-24)35(28(38)33-23)25-16(2)31-20(14-30-25)39-18-9-5-4-6-10-18/h3-6,9-12,14,17H,1,7-8,13,15H2,2H3,(H,32,37)(H,33,38)/t17-/m1/s1. The van der Waals surface area contributed by atoms with Gasteiger partial charge in [-0.2, -0.15) is 0 Å². The smallest absolute Gasteiger partial charge is 0.332 e. The highest BCUT2D eigenvalue weighted by Gasteiger charge is 2.35. The molecular weight excluding hydrogens is 530 g/mol. The summed E-state index contributed by atoms with van der Waals surface area (Å²) in [5, 5.41) is 6.56. The summed E-state index contributed by atoms with van der Waals surface area (Å²) in [6, 6.07) is 10.3. The second kappa shape index (κ2) is 10.4. The molecule has 3 aromatic heterocycles. The number of hydrogen-bond donors (Lipinski definition) is 2. The van der Waals surface area contributed by atoms with Gasteiger partial charge in [0.2, 0.25) is 11.8 Å². The van der Waals surface area contributed by atoms with Crippen LogP contribution in [-0.2, 0) is 4.79 Å². The Morgan fingerprint density at radius 2 is 2.05 bits per heavy atom. The Hall–Kier alpha value is -4.84. The van der Waals surface area contributed by atoms with Crippen molar-refractivity contribution < 1.29 is 19.1 Å². The number of amides is 4. The van der Waals surface area contributed by atoms with Gasteiger partial charge in [-0.25, -0.2) is 24.6 Å². The molecule has 202 valence electrons. The second-order valence-corrected chi connectivity index (χ2v) is 10.4. The molecule has 0 spiro atoms. The minimum atomic E-state index is -0.470. The molecule has 4 aromatic rings. The van der Waals surface area contributed by atoms with Crippen molar-refractivity contribution in [1.29, 1.82) is 0 Å². The molecule has 5 heterocycles. The van der Waals surface area contributed by atoms with E-state index in [2.05, 4.69) is 32.2 Å². The Balaban J connectivity index is 1.29. The summed E-state index contributed by atoms with van der Waals surface area (Å²) < 4.78 is 5.79. The fourth-order valence-electron chi connectivity index (χ4n) is 4.96. The van der Waals surface area contributed by atoms with E-state index in [1.807, 2.05) is 30.3 Å². The number of piperidine rings is 1. The van der Waals surface area contributed by atoms with E-state index in [4.69, 9.17) is 4.74 Å². The number of carbonyl (C=O) groups is 3. The molecule has 11 nitrogen and oxygen atoms in total. The van der Waals surface area contributed by atoms with Crippen LogP contribution in [0.15, 0.2) is 61.4 Å². The van der Waals surface area contributed by atoms with Gasteiger partial charge < -0.3 is 20.3 Å². The Morgan fingerprint density at radius 3 is 2.83 bits per heavy atom. The molecule has 6 rings (SSSR count).